The first kappa shape index (κ1) is 13.3. The average Bonchev–Trinajstić information content (AvgIpc) is 2.19. The molecular weight excluding hydrogens is 224 g/mol. The van der Waals surface area contributed by atoms with E-state index in [1.54, 1.807) is 17.0 Å². The fourth-order valence-corrected chi connectivity index (χ4v) is 2.08. The van der Waals surface area contributed by atoms with Crippen LogP contribution < -0.4 is 5.56 Å². The summed E-state index contributed by atoms with van der Waals surface area (Å²) in [6.45, 7) is 6.09. The van der Waals surface area contributed by atoms with Gasteiger partial charge in [-0.25, -0.2) is 4.98 Å². The van der Waals surface area contributed by atoms with Crippen molar-refractivity contribution in [1.82, 2.24) is 9.55 Å². The molecule has 1 N–H and O–H groups in total. The SMILES string of the molecule is CC(C)(C)n1ccnc(SCCCO)c1=O. The van der Waals surface area contributed by atoms with E-state index < -0.39 is 0 Å². The Bertz CT molecular complexity index is 396. The van der Waals surface area contributed by atoms with Gasteiger partial charge < -0.3 is 9.67 Å². The zero-order valence-corrected chi connectivity index (χ0v) is 10.8. The third-order valence-electron chi connectivity index (χ3n) is 2.07. The highest BCUT2D eigenvalue weighted by Crippen LogP contribution is 2.14. The Morgan fingerprint density at radius 3 is 2.75 bits per heavy atom. The summed E-state index contributed by atoms with van der Waals surface area (Å²) in [4.78, 5) is 16.1. The lowest BCUT2D eigenvalue weighted by Crippen LogP contribution is -2.34. The van der Waals surface area contributed by atoms with Crippen LogP contribution in [0.25, 0.3) is 0 Å². The lowest BCUT2D eigenvalue weighted by atomic mass is 10.1. The minimum atomic E-state index is -0.230. The number of nitrogens with zero attached hydrogens (tertiary/aromatic N) is 2. The van der Waals surface area contributed by atoms with E-state index in [0.29, 0.717) is 17.2 Å². The molecule has 1 heterocycles. The summed E-state index contributed by atoms with van der Waals surface area (Å²) in [7, 11) is 0. The highest BCUT2D eigenvalue weighted by atomic mass is 32.2. The number of aliphatic hydroxyl groups is 1. The molecule has 16 heavy (non-hydrogen) atoms. The van der Waals surface area contributed by atoms with Gasteiger partial charge in [-0.2, -0.15) is 0 Å². The van der Waals surface area contributed by atoms with Crippen LogP contribution in [0.3, 0.4) is 0 Å². The number of aliphatic hydroxyl groups excluding tert-OH is 1. The second-order valence-electron chi connectivity index (χ2n) is 4.50. The molecule has 0 bridgehead atoms. The second-order valence-corrected chi connectivity index (χ2v) is 5.59. The van der Waals surface area contributed by atoms with Crippen molar-refractivity contribution in [3.05, 3.63) is 22.7 Å². The topological polar surface area (TPSA) is 55.1 Å². The molecule has 5 heteroatoms. The molecule has 0 spiro atoms. The fraction of sp³-hybridized carbons (Fsp3) is 0.636. The Hall–Kier alpha value is -0.810. The van der Waals surface area contributed by atoms with Crippen molar-refractivity contribution in [2.75, 3.05) is 12.4 Å². The highest BCUT2D eigenvalue weighted by Gasteiger charge is 2.16. The molecule has 0 saturated heterocycles. The van der Waals surface area contributed by atoms with Gasteiger partial charge in [-0.3, -0.25) is 4.79 Å². The summed E-state index contributed by atoms with van der Waals surface area (Å²) in [5.41, 5.74) is -0.287. The van der Waals surface area contributed by atoms with E-state index in [0.717, 1.165) is 0 Å². The van der Waals surface area contributed by atoms with E-state index >= 15 is 0 Å². The predicted octanol–water partition coefficient (Wildman–Crippen LogP) is 1.47. The molecule has 0 radical (unpaired) electrons. The molecule has 0 aliphatic rings. The summed E-state index contributed by atoms with van der Waals surface area (Å²) >= 11 is 1.40. The Labute approximate surface area is 99.7 Å². The third kappa shape index (κ3) is 3.35. The van der Waals surface area contributed by atoms with E-state index in [4.69, 9.17) is 5.11 Å². The van der Waals surface area contributed by atoms with E-state index in [2.05, 4.69) is 4.98 Å². The van der Waals surface area contributed by atoms with Gasteiger partial charge in [0.25, 0.3) is 5.56 Å². The van der Waals surface area contributed by atoms with Gasteiger partial charge >= 0.3 is 0 Å². The van der Waals surface area contributed by atoms with Crippen LogP contribution in [0.5, 0.6) is 0 Å². The maximum atomic E-state index is 12.0. The number of hydrogen-bond acceptors (Lipinski definition) is 4. The minimum Gasteiger partial charge on any atom is -0.396 e. The van der Waals surface area contributed by atoms with Gasteiger partial charge in [0.05, 0.1) is 0 Å². The predicted molar refractivity (Wildman–Crippen MR) is 65.9 cm³/mol. The molecule has 1 aromatic rings. The number of rotatable bonds is 4. The molecule has 90 valence electrons. The largest absolute Gasteiger partial charge is 0.396 e. The summed E-state index contributed by atoms with van der Waals surface area (Å²) in [5, 5.41) is 9.19. The standard InChI is InChI=1S/C11H18N2O2S/c1-11(2,3)13-6-5-12-9(10(13)15)16-8-4-7-14/h5-6,14H,4,7-8H2,1-3H3. The maximum absolute atomic E-state index is 12.0. The van der Waals surface area contributed by atoms with E-state index in [1.165, 1.54) is 11.8 Å². The van der Waals surface area contributed by atoms with Crippen LogP contribution in [0.1, 0.15) is 27.2 Å². The molecule has 0 aliphatic heterocycles. The maximum Gasteiger partial charge on any atom is 0.283 e. The molecule has 0 aliphatic carbocycles. The van der Waals surface area contributed by atoms with E-state index in [-0.39, 0.29) is 17.7 Å². The molecule has 0 unspecified atom stereocenters. The van der Waals surface area contributed by atoms with Crippen LogP contribution in [-0.2, 0) is 5.54 Å². The van der Waals surface area contributed by atoms with Crippen LogP contribution in [0.2, 0.25) is 0 Å². The first-order valence-electron chi connectivity index (χ1n) is 5.28. The Balaban J connectivity index is 2.92. The first-order valence-corrected chi connectivity index (χ1v) is 6.27. The molecular formula is C11H18N2O2S. The molecule has 1 aromatic heterocycles. The van der Waals surface area contributed by atoms with Crippen molar-refractivity contribution >= 4 is 11.8 Å². The normalized spacial score (nSPS) is 11.8. The van der Waals surface area contributed by atoms with Crippen molar-refractivity contribution in [3.8, 4) is 0 Å². The van der Waals surface area contributed by atoms with Crippen molar-refractivity contribution in [2.24, 2.45) is 0 Å². The summed E-state index contributed by atoms with van der Waals surface area (Å²) in [6.07, 6.45) is 4.03. The average molecular weight is 242 g/mol. The molecule has 0 saturated carbocycles. The Morgan fingerprint density at radius 2 is 2.19 bits per heavy atom. The molecule has 0 atom stereocenters. The fourth-order valence-electron chi connectivity index (χ4n) is 1.25. The van der Waals surface area contributed by atoms with Gasteiger partial charge in [-0.15, -0.1) is 11.8 Å². The van der Waals surface area contributed by atoms with Crippen molar-refractivity contribution in [2.45, 2.75) is 37.8 Å². The summed E-state index contributed by atoms with van der Waals surface area (Å²) < 4.78 is 1.68. The number of thioether (sulfide) groups is 1. The molecule has 4 nitrogen and oxygen atoms in total. The van der Waals surface area contributed by atoms with Crippen LogP contribution in [0, 0.1) is 0 Å². The Morgan fingerprint density at radius 1 is 1.50 bits per heavy atom. The van der Waals surface area contributed by atoms with Crippen LogP contribution in [0.15, 0.2) is 22.2 Å². The van der Waals surface area contributed by atoms with Crippen molar-refractivity contribution in [3.63, 3.8) is 0 Å². The van der Waals surface area contributed by atoms with Gasteiger partial charge in [0.1, 0.15) is 0 Å². The van der Waals surface area contributed by atoms with Crippen LogP contribution in [0.4, 0.5) is 0 Å². The second kappa shape index (κ2) is 5.50. The van der Waals surface area contributed by atoms with Crippen molar-refractivity contribution < 1.29 is 5.11 Å². The minimum absolute atomic E-state index is 0.0575. The van der Waals surface area contributed by atoms with Gasteiger partial charge in [0, 0.05) is 30.3 Å². The quantitative estimate of drug-likeness (QED) is 0.642. The number of hydrogen-bond donors (Lipinski definition) is 1. The van der Waals surface area contributed by atoms with E-state index in [9.17, 15) is 4.79 Å². The third-order valence-corrected chi connectivity index (χ3v) is 3.12. The lowest BCUT2D eigenvalue weighted by Gasteiger charge is -2.22. The molecule has 0 amide bonds. The van der Waals surface area contributed by atoms with Crippen LogP contribution in [-0.4, -0.2) is 27.0 Å². The first-order chi connectivity index (χ1) is 7.46. The Kier molecular flexibility index (Phi) is 4.56. The van der Waals surface area contributed by atoms with Gasteiger partial charge in [-0.05, 0) is 27.2 Å². The summed E-state index contributed by atoms with van der Waals surface area (Å²) in [5.74, 6) is 0.715. The molecule has 0 aromatic carbocycles. The van der Waals surface area contributed by atoms with Crippen molar-refractivity contribution in [1.29, 1.82) is 0 Å². The van der Waals surface area contributed by atoms with Gasteiger partial charge in [0.2, 0.25) is 0 Å². The zero-order chi connectivity index (χ0) is 12.2. The molecule has 0 fully saturated rings. The van der Waals surface area contributed by atoms with Gasteiger partial charge in [0.15, 0.2) is 5.03 Å². The zero-order valence-electron chi connectivity index (χ0n) is 9.93. The number of aromatic nitrogens is 2. The monoisotopic (exact) mass is 242 g/mol. The molecule has 1 rings (SSSR count). The van der Waals surface area contributed by atoms with Crippen LogP contribution >= 0.6 is 11.8 Å². The summed E-state index contributed by atoms with van der Waals surface area (Å²) in [6, 6.07) is 0. The van der Waals surface area contributed by atoms with E-state index in [1.807, 2.05) is 20.8 Å². The lowest BCUT2D eigenvalue weighted by molar-refractivity contribution is 0.296. The van der Waals surface area contributed by atoms with Gasteiger partial charge in [-0.1, -0.05) is 0 Å². The smallest absolute Gasteiger partial charge is 0.283 e. The highest BCUT2D eigenvalue weighted by molar-refractivity contribution is 7.99.